The molecule has 0 heterocycles. The normalized spacial score (nSPS) is 26.4. The van der Waals surface area contributed by atoms with E-state index in [2.05, 4.69) is 18.7 Å². The quantitative estimate of drug-likeness (QED) is 0.716. The van der Waals surface area contributed by atoms with E-state index < -0.39 is 0 Å². The van der Waals surface area contributed by atoms with Gasteiger partial charge in [-0.2, -0.15) is 0 Å². The smallest absolute Gasteiger partial charge is 0.138 e. The maximum absolute atomic E-state index is 11.9. The van der Waals surface area contributed by atoms with Crippen LogP contribution in [-0.4, -0.2) is 29.8 Å². The fraction of sp³-hybridized carbons (Fsp3) is 0.929. The van der Waals surface area contributed by atoms with Gasteiger partial charge in [0.15, 0.2) is 0 Å². The summed E-state index contributed by atoms with van der Waals surface area (Å²) in [6.07, 6.45) is 4.64. The standard InChI is InChI=1S/C14H27NO/c1-5-15(6-2)13-9-7-12(8-10-13)14(16)11(3)4/h11-13H,5-10H2,1-4H3/t12-,13+. The molecule has 1 saturated carbocycles. The van der Waals surface area contributed by atoms with E-state index in [0.717, 1.165) is 32.0 Å². The van der Waals surface area contributed by atoms with Crippen LogP contribution in [0.3, 0.4) is 0 Å². The van der Waals surface area contributed by atoms with Crippen LogP contribution in [0.15, 0.2) is 0 Å². The van der Waals surface area contributed by atoms with Crippen LogP contribution in [0.2, 0.25) is 0 Å². The number of carbonyl (C=O) groups excluding carboxylic acids is 1. The van der Waals surface area contributed by atoms with Crippen molar-refractivity contribution in [3.05, 3.63) is 0 Å². The lowest BCUT2D eigenvalue weighted by atomic mass is 9.80. The fourth-order valence-electron chi connectivity index (χ4n) is 2.94. The van der Waals surface area contributed by atoms with Crippen LogP contribution in [0.5, 0.6) is 0 Å². The summed E-state index contributed by atoms with van der Waals surface area (Å²) >= 11 is 0. The predicted molar refractivity (Wildman–Crippen MR) is 68.5 cm³/mol. The predicted octanol–water partition coefficient (Wildman–Crippen LogP) is 3.11. The Balaban J connectivity index is 2.42. The van der Waals surface area contributed by atoms with Crippen molar-refractivity contribution in [2.24, 2.45) is 11.8 Å². The second-order valence-electron chi connectivity index (χ2n) is 5.28. The Labute approximate surface area is 100 Å². The minimum absolute atomic E-state index is 0.218. The highest BCUT2D eigenvalue weighted by Crippen LogP contribution is 2.29. The van der Waals surface area contributed by atoms with Gasteiger partial charge in [0.1, 0.15) is 5.78 Å². The molecule has 0 atom stereocenters. The molecular weight excluding hydrogens is 198 g/mol. The highest BCUT2D eigenvalue weighted by Gasteiger charge is 2.29. The van der Waals surface area contributed by atoms with Crippen LogP contribution in [0.25, 0.3) is 0 Å². The molecule has 0 aromatic carbocycles. The van der Waals surface area contributed by atoms with E-state index in [-0.39, 0.29) is 5.92 Å². The first-order valence-corrected chi connectivity index (χ1v) is 6.87. The zero-order valence-electron chi connectivity index (χ0n) is 11.3. The summed E-state index contributed by atoms with van der Waals surface area (Å²) < 4.78 is 0. The second kappa shape index (κ2) is 6.39. The van der Waals surface area contributed by atoms with E-state index in [9.17, 15) is 4.79 Å². The summed E-state index contributed by atoms with van der Waals surface area (Å²) in [7, 11) is 0. The Morgan fingerprint density at radius 2 is 1.62 bits per heavy atom. The molecule has 1 aliphatic carbocycles. The number of rotatable bonds is 5. The zero-order valence-corrected chi connectivity index (χ0v) is 11.3. The van der Waals surface area contributed by atoms with Crippen molar-refractivity contribution in [3.8, 4) is 0 Å². The van der Waals surface area contributed by atoms with Crippen molar-refractivity contribution in [2.75, 3.05) is 13.1 Å². The molecular formula is C14H27NO. The SMILES string of the molecule is CCN(CC)[C@H]1CC[C@@H](C(=O)C(C)C)CC1. The Morgan fingerprint density at radius 1 is 1.12 bits per heavy atom. The molecule has 0 N–H and O–H groups in total. The van der Waals surface area contributed by atoms with Crippen molar-refractivity contribution >= 4 is 5.78 Å². The zero-order chi connectivity index (χ0) is 12.1. The van der Waals surface area contributed by atoms with Crippen LogP contribution in [0.4, 0.5) is 0 Å². The van der Waals surface area contributed by atoms with Crippen LogP contribution in [0.1, 0.15) is 53.4 Å². The van der Waals surface area contributed by atoms with Gasteiger partial charge in [-0.15, -0.1) is 0 Å². The first kappa shape index (κ1) is 13.7. The van der Waals surface area contributed by atoms with E-state index in [1.54, 1.807) is 0 Å². The van der Waals surface area contributed by atoms with Gasteiger partial charge in [0.2, 0.25) is 0 Å². The largest absolute Gasteiger partial charge is 0.301 e. The van der Waals surface area contributed by atoms with Gasteiger partial charge in [-0.3, -0.25) is 4.79 Å². The molecule has 0 saturated heterocycles. The second-order valence-corrected chi connectivity index (χ2v) is 5.28. The van der Waals surface area contributed by atoms with Crippen molar-refractivity contribution in [2.45, 2.75) is 59.4 Å². The van der Waals surface area contributed by atoms with Crippen LogP contribution in [0, 0.1) is 11.8 Å². The molecule has 0 bridgehead atoms. The lowest BCUT2D eigenvalue weighted by Gasteiger charge is -2.35. The third kappa shape index (κ3) is 3.31. The topological polar surface area (TPSA) is 20.3 Å². The molecule has 0 unspecified atom stereocenters. The molecule has 1 fully saturated rings. The minimum atomic E-state index is 0.218. The highest BCUT2D eigenvalue weighted by atomic mass is 16.1. The molecule has 0 radical (unpaired) electrons. The number of hydrogen-bond acceptors (Lipinski definition) is 2. The van der Waals surface area contributed by atoms with Gasteiger partial charge in [0, 0.05) is 17.9 Å². The van der Waals surface area contributed by atoms with Crippen molar-refractivity contribution in [3.63, 3.8) is 0 Å². The maximum Gasteiger partial charge on any atom is 0.138 e. The average Bonchev–Trinajstić information content (AvgIpc) is 2.30. The lowest BCUT2D eigenvalue weighted by molar-refractivity contribution is -0.127. The monoisotopic (exact) mass is 225 g/mol. The van der Waals surface area contributed by atoms with Gasteiger partial charge in [-0.25, -0.2) is 0 Å². The number of carbonyl (C=O) groups is 1. The summed E-state index contributed by atoms with van der Waals surface area (Å²) in [5.41, 5.74) is 0. The van der Waals surface area contributed by atoms with Gasteiger partial charge in [0.25, 0.3) is 0 Å². The first-order chi connectivity index (χ1) is 7.60. The minimum Gasteiger partial charge on any atom is -0.301 e. The number of hydrogen-bond donors (Lipinski definition) is 0. The van der Waals surface area contributed by atoms with E-state index in [1.807, 2.05) is 13.8 Å². The Bertz CT molecular complexity index is 213. The number of nitrogens with zero attached hydrogens (tertiary/aromatic N) is 1. The summed E-state index contributed by atoms with van der Waals surface area (Å²) in [4.78, 5) is 14.4. The molecule has 0 aliphatic heterocycles. The van der Waals surface area contributed by atoms with Crippen LogP contribution >= 0.6 is 0 Å². The number of Topliss-reactive ketones (excluding diaryl/α,β-unsaturated/α-hetero) is 1. The molecule has 1 aliphatic rings. The molecule has 16 heavy (non-hydrogen) atoms. The van der Waals surface area contributed by atoms with Crippen molar-refractivity contribution < 1.29 is 4.79 Å². The molecule has 2 heteroatoms. The maximum atomic E-state index is 11.9. The van der Waals surface area contributed by atoms with Gasteiger partial charge >= 0.3 is 0 Å². The third-order valence-corrected chi connectivity index (χ3v) is 4.00. The Kier molecular flexibility index (Phi) is 5.47. The van der Waals surface area contributed by atoms with Crippen LogP contribution < -0.4 is 0 Å². The highest BCUT2D eigenvalue weighted by molar-refractivity contribution is 5.82. The van der Waals surface area contributed by atoms with Gasteiger partial charge in [0.05, 0.1) is 0 Å². The lowest BCUT2D eigenvalue weighted by Crippen LogP contribution is -2.39. The van der Waals surface area contributed by atoms with Crippen molar-refractivity contribution in [1.82, 2.24) is 4.90 Å². The molecule has 0 aromatic heterocycles. The van der Waals surface area contributed by atoms with E-state index in [0.29, 0.717) is 11.7 Å². The van der Waals surface area contributed by atoms with E-state index in [4.69, 9.17) is 0 Å². The molecule has 0 spiro atoms. The summed E-state index contributed by atoms with van der Waals surface area (Å²) in [5.74, 6) is 1.06. The van der Waals surface area contributed by atoms with Crippen molar-refractivity contribution in [1.29, 1.82) is 0 Å². The van der Waals surface area contributed by atoms with E-state index >= 15 is 0 Å². The summed E-state index contributed by atoms with van der Waals surface area (Å²) in [6.45, 7) is 10.8. The van der Waals surface area contributed by atoms with Gasteiger partial charge in [-0.1, -0.05) is 27.7 Å². The summed E-state index contributed by atoms with van der Waals surface area (Å²) in [5, 5.41) is 0. The molecule has 0 aromatic rings. The van der Waals surface area contributed by atoms with E-state index in [1.165, 1.54) is 12.8 Å². The molecule has 0 amide bonds. The van der Waals surface area contributed by atoms with Crippen LogP contribution in [-0.2, 0) is 4.79 Å². The third-order valence-electron chi connectivity index (χ3n) is 4.00. The number of ketones is 1. The Hall–Kier alpha value is -0.370. The van der Waals surface area contributed by atoms with Gasteiger partial charge < -0.3 is 4.90 Å². The Morgan fingerprint density at radius 3 is 2.00 bits per heavy atom. The fourth-order valence-corrected chi connectivity index (χ4v) is 2.94. The molecule has 1 rings (SSSR count). The molecule has 2 nitrogen and oxygen atoms in total. The first-order valence-electron chi connectivity index (χ1n) is 6.87. The molecule has 94 valence electrons. The van der Waals surface area contributed by atoms with Gasteiger partial charge in [-0.05, 0) is 38.8 Å². The summed E-state index contributed by atoms with van der Waals surface area (Å²) in [6, 6.07) is 0.728. The average molecular weight is 225 g/mol.